The number of carbonyl (C=O) groups excluding carboxylic acids is 1. The lowest BCUT2D eigenvalue weighted by Crippen LogP contribution is -2.26. The summed E-state index contributed by atoms with van der Waals surface area (Å²) in [4.78, 5) is 13.3. The minimum absolute atomic E-state index is 0.154. The van der Waals surface area contributed by atoms with Crippen LogP contribution in [0.15, 0.2) is 40.9 Å². The van der Waals surface area contributed by atoms with Crippen molar-refractivity contribution in [3.63, 3.8) is 0 Å². The molecule has 0 bridgehead atoms. The fourth-order valence-corrected chi connectivity index (χ4v) is 2.51. The number of halogens is 1. The van der Waals surface area contributed by atoms with Crippen molar-refractivity contribution in [1.29, 1.82) is 0 Å². The number of carbonyl (C=O) groups is 1. The Morgan fingerprint density at radius 3 is 2.53 bits per heavy atom. The third-order valence-corrected chi connectivity index (χ3v) is 4.04. The van der Waals surface area contributed by atoms with Gasteiger partial charge in [-0.1, -0.05) is 46.0 Å². The highest BCUT2D eigenvalue weighted by molar-refractivity contribution is 9.10. The van der Waals surface area contributed by atoms with Gasteiger partial charge in [0.1, 0.15) is 5.01 Å². The van der Waals surface area contributed by atoms with Crippen LogP contribution in [-0.4, -0.2) is 23.2 Å². The Morgan fingerprint density at radius 2 is 1.95 bits per heavy atom. The molecule has 2 aromatic rings. The van der Waals surface area contributed by atoms with Gasteiger partial charge in [0.25, 0.3) is 5.91 Å². The monoisotopic (exact) mass is 337 g/mol. The number of rotatable bonds is 3. The molecule has 0 spiro atoms. The first-order chi connectivity index (χ1) is 8.99. The van der Waals surface area contributed by atoms with Gasteiger partial charge in [0.2, 0.25) is 5.13 Å². The van der Waals surface area contributed by atoms with Crippen molar-refractivity contribution in [1.82, 2.24) is 10.2 Å². The standard InChI is InChI=1S/C13H12BrN3OS/c1-8(2)12(18)17(3)13-16-15-11(19-13)9-4-6-10(14)7-5-9/h4-7H,1H2,2-3H3. The van der Waals surface area contributed by atoms with Crippen LogP contribution in [0.1, 0.15) is 6.92 Å². The smallest absolute Gasteiger partial charge is 0.254 e. The Kier molecular flexibility index (Phi) is 4.11. The second-order valence-electron chi connectivity index (χ2n) is 4.04. The molecule has 0 N–H and O–H groups in total. The van der Waals surface area contributed by atoms with Gasteiger partial charge in [0, 0.05) is 22.7 Å². The highest BCUT2D eigenvalue weighted by atomic mass is 79.9. The number of likely N-dealkylation sites (N-methyl/N-ethyl adjacent to an activating group) is 1. The molecule has 98 valence electrons. The Labute approximate surface area is 123 Å². The lowest BCUT2D eigenvalue weighted by molar-refractivity contribution is -0.114. The van der Waals surface area contributed by atoms with E-state index in [1.165, 1.54) is 16.2 Å². The van der Waals surface area contributed by atoms with Gasteiger partial charge in [0.05, 0.1) is 0 Å². The van der Waals surface area contributed by atoms with Gasteiger partial charge in [0.15, 0.2) is 0 Å². The molecule has 0 aliphatic rings. The molecule has 1 amide bonds. The minimum atomic E-state index is -0.154. The number of anilines is 1. The van der Waals surface area contributed by atoms with Crippen molar-refractivity contribution in [3.05, 3.63) is 40.9 Å². The van der Waals surface area contributed by atoms with Gasteiger partial charge >= 0.3 is 0 Å². The summed E-state index contributed by atoms with van der Waals surface area (Å²) < 4.78 is 1.01. The normalized spacial score (nSPS) is 10.3. The van der Waals surface area contributed by atoms with Crippen molar-refractivity contribution in [2.24, 2.45) is 0 Å². The molecule has 1 aromatic carbocycles. The maximum absolute atomic E-state index is 11.8. The molecule has 0 saturated heterocycles. The molecular weight excluding hydrogens is 326 g/mol. The van der Waals surface area contributed by atoms with E-state index in [-0.39, 0.29) is 5.91 Å². The van der Waals surface area contributed by atoms with Gasteiger partial charge in [-0.05, 0) is 19.1 Å². The molecule has 0 saturated carbocycles. The van der Waals surface area contributed by atoms with Crippen LogP contribution in [-0.2, 0) is 4.79 Å². The summed E-state index contributed by atoms with van der Waals surface area (Å²) in [7, 11) is 1.67. The number of benzene rings is 1. The van der Waals surface area contributed by atoms with Crippen molar-refractivity contribution in [3.8, 4) is 10.6 Å². The first-order valence-electron chi connectivity index (χ1n) is 5.52. The van der Waals surface area contributed by atoms with E-state index in [2.05, 4.69) is 32.7 Å². The lowest BCUT2D eigenvalue weighted by atomic mass is 10.2. The molecule has 19 heavy (non-hydrogen) atoms. The molecular formula is C13H12BrN3OS. The summed E-state index contributed by atoms with van der Waals surface area (Å²) in [5.41, 5.74) is 1.45. The average molecular weight is 338 g/mol. The number of nitrogens with zero attached hydrogens (tertiary/aromatic N) is 3. The average Bonchev–Trinajstić information content (AvgIpc) is 2.87. The molecule has 6 heteroatoms. The largest absolute Gasteiger partial charge is 0.286 e. The molecule has 0 aliphatic heterocycles. The van der Waals surface area contributed by atoms with Crippen LogP contribution >= 0.6 is 27.3 Å². The van der Waals surface area contributed by atoms with E-state index in [9.17, 15) is 4.79 Å². The molecule has 4 nitrogen and oxygen atoms in total. The topological polar surface area (TPSA) is 46.1 Å². The van der Waals surface area contributed by atoms with Gasteiger partial charge in [-0.25, -0.2) is 0 Å². The van der Waals surface area contributed by atoms with Crippen LogP contribution in [0.5, 0.6) is 0 Å². The maximum atomic E-state index is 11.8. The fourth-order valence-electron chi connectivity index (χ4n) is 1.43. The van der Waals surface area contributed by atoms with E-state index in [1.54, 1.807) is 14.0 Å². The van der Waals surface area contributed by atoms with Gasteiger partial charge in [-0.2, -0.15) is 0 Å². The summed E-state index contributed by atoms with van der Waals surface area (Å²) in [5, 5.41) is 9.49. The van der Waals surface area contributed by atoms with Crippen LogP contribution < -0.4 is 4.90 Å². The summed E-state index contributed by atoms with van der Waals surface area (Å²) in [5.74, 6) is -0.154. The highest BCUT2D eigenvalue weighted by Crippen LogP contribution is 2.29. The summed E-state index contributed by atoms with van der Waals surface area (Å²) in [6, 6.07) is 7.79. The first kappa shape index (κ1) is 13.9. The highest BCUT2D eigenvalue weighted by Gasteiger charge is 2.16. The Balaban J connectivity index is 2.26. The molecule has 1 aromatic heterocycles. The van der Waals surface area contributed by atoms with Crippen molar-refractivity contribution in [2.75, 3.05) is 11.9 Å². The number of amides is 1. The van der Waals surface area contributed by atoms with E-state index >= 15 is 0 Å². The Bertz CT molecular complexity index is 621. The van der Waals surface area contributed by atoms with Crippen LogP contribution in [0.25, 0.3) is 10.6 Å². The van der Waals surface area contributed by atoms with E-state index in [4.69, 9.17) is 0 Å². The zero-order valence-corrected chi connectivity index (χ0v) is 13.0. The molecule has 0 atom stereocenters. The summed E-state index contributed by atoms with van der Waals surface area (Å²) >= 11 is 4.76. The zero-order chi connectivity index (χ0) is 14.0. The van der Waals surface area contributed by atoms with E-state index < -0.39 is 0 Å². The van der Waals surface area contributed by atoms with Crippen molar-refractivity contribution >= 4 is 38.3 Å². The van der Waals surface area contributed by atoms with E-state index in [1.807, 2.05) is 24.3 Å². The summed E-state index contributed by atoms with van der Waals surface area (Å²) in [6.45, 7) is 5.31. The predicted octanol–water partition coefficient (Wildman–Crippen LogP) is 3.51. The van der Waals surface area contributed by atoms with E-state index in [0.717, 1.165) is 15.0 Å². The predicted molar refractivity (Wildman–Crippen MR) is 81.3 cm³/mol. The second kappa shape index (κ2) is 5.63. The van der Waals surface area contributed by atoms with Gasteiger partial charge in [-0.15, -0.1) is 10.2 Å². The molecule has 1 heterocycles. The quantitative estimate of drug-likeness (QED) is 0.805. The van der Waals surface area contributed by atoms with E-state index in [0.29, 0.717) is 10.7 Å². The molecule has 0 unspecified atom stereocenters. The van der Waals surface area contributed by atoms with Crippen LogP contribution in [0.2, 0.25) is 0 Å². The third-order valence-electron chi connectivity index (χ3n) is 2.46. The number of aromatic nitrogens is 2. The maximum Gasteiger partial charge on any atom is 0.254 e. The molecule has 0 aliphatic carbocycles. The zero-order valence-electron chi connectivity index (χ0n) is 10.6. The van der Waals surface area contributed by atoms with Gasteiger partial charge < -0.3 is 0 Å². The number of hydrogen-bond acceptors (Lipinski definition) is 4. The van der Waals surface area contributed by atoms with Crippen LogP contribution in [0, 0.1) is 0 Å². The molecule has 2 rings (SSSR count). The minimum Gasteiger partial charge on any atom is -0.286 e. The van der Waals surface area contributed by atoms with Crippen molar-refractivity contribution in [2.45, 2.75) is 6.92 Å². The van der Waals surface area contributed by atoms with Crippen LogP contribution in [0.4, 0.5) is 5.13 Å². The third kappa shape index (κ3) is 3.08. The fraction of sp³-hybridized carbons (Fsp3) is 0.154. The molecule has 0 radical (unpaired) electrons. The van der Waals surface area contributed by atoms with Gasteiger partial charge in [-0.3, -0.25) is 9.69 Å². The summed E-state index contributed by atoms with van der Waals surface area (Å²) in [6.07, 6.45) is 0. The molecule has 0 fully saturated rings. The Morgan fingerprint density at radius 1 is 1.32 bits per heavy atom. The second-order valence-corrected chi connectivity index (χ2v) is 5.91. The van der Waals surface area contributed by atoms with Crippen LogP contribution in [0.3, 0.4) is 0 Å². The SMILES string of the molecule is C=C(C)C(=O)N(C)c1nnc(-c2ccc(Br)cc2)s1. The number of hydrogen-bond donors (Lipinski definition) is 0. The first-order valence-corrected chi connectivity index (χ1v) is 7.13. The Hall–Kier alpha value is -1.53. The lowest BCUT2D eigenvalue weighted by Gasteiger charge is -2.11. The van der Waals surface area contributed by atoms with Crippen molar-refractivity contribution < 1.29 is 4.79 Å².